The maximum absolute atomic E-state index is 13.9. The lowest BCUT2D eigenvalue weighted by Gasteiger charge is -2.43. The molecule has 2 heterocycles. The molecule has 0 saturated carbocycles. The average molecular weight is 521 g/mol. The molecule has 2 saturated heterocycles. The molecule has 2 aliphatic rings. The third kappa shape index (κ3) is 6.29. The molecule has 0 atom stereocenters. The van der Waals surface area contributed by atoms with Crippen molar-refractivity contribution in [3.8, 4) is 5.75 Å². The molecular formula is C30H40N4O4. The SMILES string of the molecule is CCCCCCCC(=O)N1CCC2(CC1)C(=O)N(CC(=O)Nc1ccc(OC)cc1)CN2c1ccccc1. The predicted octanol–water partition coefficient (Wildman–Crippen LogP) is 4.66. The van der Waals surface area contributed by atoms with Crippen LogP contribution < -0.4 is 15.0 Å². The molecule has 4 rings (SSSR count). The van der Waals surface area contributed by atoms with Crippen molar-refractivity contribution in [2.24, 2.45) is 0 Å². The number of amides is 3. The van der Waals surface area contributed by atoms with Crippen LogP contribution in [-0.2, 0) is 14.4 Å². The molecule has 8 heteroatoms. The fraction of sp³-hybridized carbons (Fsp3) is 0.500. The smallest absolute Gasteiger partial charge is 0.250 e. The lowest BCUT2D eigenvalue weighted by atomic mass is 9.85. The Hall–Kier alpha value is -3.55. The van der Waals surface area contributed by atoms with Crippen LogP contribution in [0.25, 0.3) is 0 Å². The first kappa shape index (κ1) is 27.5. The van der Waals surface area contributed by atoms with E-state index < -0.39 is 5.54 Å². The summed E-state index contributed by atoms with van der Waals surface area (Å²) in [4.78, 5) is 45.3. The van der Waals surface area contributed by atoms with Crippen molar-refractivity contribution in [3.05, 3.63) is 54.6 Å². The average Bonchev–Trinajstić information content (AvgIpc) is 3.20. The Bertz CT molecular complexity index is 1080. The van der Waals surface area contributed by atoms with Gasteiger partial charge in [0.1, 0.15) is 17.8 Å². The van der Waals surface area contributed by atoms with Crippen molar-refractivity contribution < 1.29 is 19.1 Å². The Labute approximate surface area is 225 Å². The van der Waals surface area contributed by atoms with Crippen molar-refractivity contribution in [1.29, 1.82) is 0 Å². The molecule has 3 amide bonds. The van der Waals surface area contributed by atoms with E-state index >= 15 is 0 Å². The van der Waals surface area contributed by atoms with Gasteiger partial charge in [-0.1, -0.05) is 50.8 Å². The zero-order valence-electron chi connectivity index (χ0n) is 22.7. The maximum atomic E-state index is 13.9. The van der Waals surface area contributed by atoms with Crippen LogP contribution in [-0.4, -0.2) is 66.5 Å². The second-order valence-electron chi connectivity index (χ2n) is 10.3. The summed E-state index contributed by atoms with van der Waals surface area (Å²) in [5, 5.41) is 2.88. The van der Waals surface area contributed by atoms with Gasteiger partial charge in [0.05, 0.1) is 13.8 Å². The number of anilines is 2. The number of methoxy groups -OCH3 is 1. The molecule has 0 bridgehead atoms. The van der Waals surface area contributed by atoms with E-state index in [1.54, 1.807) is 36.3 Å². The number of benzene rings is 2. The van der Waals surface area contributed by atoms with E-state index in [4.69, 9.17) is 4.74 Å². The summed E-state index contributed by atoms with van der Waals surface area (Å²) < 4.78 is 5.17. The Morgan fingerprint density at radius 3 is 2.29 bits per heavy atom. The first-order valence-corrected chi connectivity index (χ1v) is 13.8. The number of ether oxygens (including phenoxy) is 1. The summed E-state index contributed by atoms with van der Waals surface area (Å²) >= 11 is 0. The van der Waals surface area contributed by atoms with Crippen molar-refractivity contribution in [2.75, 3.05) is 43.6 Å². The number of carbonyl (C=O) groups excluding carboxylic acids is 3. The van der Waals surface area contributed by atoms with Gasteiger partial charge in [0, 0.05) is 30.9 Å². The van der Waals surface area contributed by atoms with Gasteiger partial charge in [-0.2, -0.15) is 0 Å². The molecule has 1 spiro atoms. The number of rotatable bonds is 11. The zero-order valence-corrected chi connectivity index (χ0v) is 22.7. The molecule has 2 aliphatic heterocycles. The molecule has 0 radical (unpaired) electrons. The number of nitrogens with zero attached hydrogens (tertiary/aromatic N) is 3. The van der Waals surface area contributed by atoms with Crippen LogP contribution in [0.4, 0.5) is 11.4 Å². The highest BCUT2D eigenvalue weighted by molar-refractivity contribution is 5.99. The Morgan fingerprint density at radius 1 is 0.947 bits per heavy atom. The molecule has 0 unspecified atom stereocenters. The number of hydrogen-bond acceptors (Lipinski definition) is 5. The number of likely N-dealkylation sites (tertiary alicyclic amines) is 1. The van der Waals surface area contributed by atoms with Crippen molar-refractivity contribution in [1.82, 2.24) is 9.80 Å². The summed E-state index contributed by atoms with van der Waals surface area (Å²) in [7, 11) is 1.59. The highest BCUT2D eigenvalue weighted by Gasteiger charge is 2.54. The van der Waals surface area contributed by atoms with Crippen LogP contribution >= 0.6 is 0 Å². The van der Waals surface area contributed by atoms with Gasteiger partial charge in [0.25, 0.3) is 5.91 Å². The molecule has 2 aromatic carbocycles. The van der Waals surface area contributed by atoms with E-state index in [-0.39, 0.29) is 24.3 Å². The minimum absolute atomic E-state index is 0.0314. The monoisotopic (exact) mass is 520 g/mol. The normalized spacial score (nSPS) is 16.7. The first-order valence-electron chi connectivity index (χ1n) is 13.8. The third-order valence-corrected chi connectivity index (χ3v) is 7.73. The second kappa shape index (κ2) is 12.8. The van der Waals surface area contributed by atoms with Gasteiger partial charge in [-0.3, -0.25) is 14.4 Å². The molecular weight excluding hydrogens is 480 g/mol. The molecule has 8 nitrogen and oxygen atoms in total. The number of nitrogens with one attached hydrogen (secondary N) is 1. The van der Waals surface area contributed by atoms with Crippen molar-refractivity contribution in [2.45, 2.75) is 63.8 Å². The van der Waals surface area contributed by atoms with Crippen LogP contribution in [0, 0.1) is 0 Å². The Morgan fingerprint density at radius 2 is 1.63 bits per heavy atom. The zero-order chi connectivity index (χ0) is 27.0. The van der Waals surface area contributed by atoms with Crippen LogP contribution in [0.5, 0.6) is 5.75 Å². The van der Waals surface area contributed by atoms with Gasteiger partial charge in [0.2, 0.25) is 11.8 Å². The van der Waals surface area contributed by atoms with Gasteiger partial charge in [-0.15, -0.1) is 0 Å². The van der Waals surface area contributed by atoms with Crippen molar-refractivity contribution >= 4 is 29.1 Å². The van der Waals surface area contributed by atoms with Gasteiger partial charge < -0.3 is 24.8 Å². The van der Waals surface area contributed by atoms with E-state index in [2.05, 4.69) is 17.1 Å². The van der Waals surface area contributed by atoms with Gasteiger partial charge in [-0.05, 0) is 55.7 Å². The van der Waals surface area contributed by atoms with E-state index in [1.807, 2.05) is 35.2 Å². The topological polar surface area (TPSA) is 82.2 Å². The number of para-hydroxylation sites is 1. The summed E-state index contributed by atoms with van der Waals surface area (Å²) in [6, 6.07) is 17.0. The lowest BCUT2D eigenvalue weighted by molar-refractivity contribution is -0.139. The standard InChI is InChI=1S/C30H40N4O4/c1-3-4-5-6-10-13-28(36)32-20-18-30(19-21-32)29(37)33(23-34(30)25-11-8-7-9-12-25)22-27(35)31-24-14-16-26(38-2)17-15-24/h7-9,11-12,14-17H,3-6,10,13,18-23H2,1-2H3,(H,31,35). The van der Waals surface area contributed by atoms with Gasteiger partial charge in [-0.25, -0.2) is 0 Å². The summed E-state index contributed by atoms with van der Waals surface area (Å²) in [5.41, 5.74) is 0.854. The number of hydrogen-bond donors (Lipinski definition) is 1. The second-order valence-corrected chi connectivity index (χ2v) is 10.3. The summed E-state index contributed by atoms with van der Waals surface area (Å²) in [5.74, 6) is 0.602. The summed E-state index contributed by atoms with van der Waals surface area (Å²) in [6.45, 7) is 3.59. The molecule has 2 aromatic rings. The highest BCUT2D eigenvalue weighted by Crippen LogP contribution is 2.39. The largest absolute Gasteiger partial charge is 0.497 e. The Kier molecular flexibility index (Phi) is 9.26. The fourth-order valence-corrected chi connectivity index (χ4v) is 5.53. The van der Waals surface area contributed by atoms with Gasteiger partial charge in [0.15, 0.2) is 0 Å². The van der Waals surface area contributed by atoms with Crippen LogP contribution in [0.15, 0.2) is 54.6 Å². The predicted molar refractivity (Wildman–Crippen MR) is 149 cm³/mol. The van der Waals surface area contributed by atoms with Gasteiger partial charge >= 0.3 is 0 Å². The number of unbranched alkanes of at least 4 members (excludes halogenated alkanes) is 4. The number of carbonyl (C=O) groups is 3. The van der Waals surface area contributed by atoms with Crippen LogP contribution in [0.3, 0.4) is 0 Å². The lowest BCUT2D eigenvalue weighted by Crippen LogP contribution is -2.57. The van der Waals surface area contributed by atoms with Crippen LogP contribution in [0.2, 0.25) is 0 Å². The van der Waals surface area contributed by atoms with E-state index in [0.29, 0.717) is 50.5 Å². The highest BCUT2D eigenvalue weighted by atomic mass is 16.5. The number of piperidine rings is 1. The first-order chi connectivity index (χ1) is 18.5. The minimum atomic E-state index is -0.750. The maximum Gasteiger partial charge on any atom is 0.250 e. The molecule has 2 fully saturated rings. The quantitative estimate of drug-likeness (QED) is 0.436. The van der Waals surface area contributed by atoms with E-state index in [0.717, 1.165) is 18.5 Å². The third-order valence-electron chi connectivity index (χ3n) is 7.73. The van der Waals surface area contributed by atoms with Crippen molar-refractivity contribution in [3.63, 3.8) is 0 Å². The molecule has 0 aliphatic carbocycles. The Balaban J connectivity index is 1.41. The molecule has 38 heavy (non-hydrogen) atoms. The van der Waals surface area contributed by atoms with E-state index in [1.165, 1.54) is 19.3 Å². The molecule has 0 aromatic heterocycles. The summed E-state index contributed by atoms with van der Waals surface area (Å²) in [6.07, 6.45) is 7.27. The minimum Gasteiger partial charge on any atom is -0.497 e. The molecule has 204 valence electrons. The fourth-order valence-electron chi connectivity index (χ4n) is 5.53. The molecule has 1 N–H and O–H groups in total. The van der Waals surface area contributed by atoms with Crippen LogP contribution in [0.1, 0.15) is 58.3 Å². The van der Waals surface area contributed by atoms with E-state index in [9.17, 15) is 14.4 Å².